The molecule has 2 aromatic heterocycles. The summed E-state index contributed by atoms with van der Waals surface area (Å²) in [6.45, 7) is 9.44. The van der Waals surface area contributed by atoms with E-state index in [0.29, 0.717) is 11.8 Å². The Morgan fingerprint density at radius 3 is 3.05 bits per heavy atom. The lowest BCUT2D eigenvalue weighted by atomic mass is 9.99. The van der Waals surface area contributed by atoms with Crippen LogP contribution in [0.25, 0.3) is 0 Å². The van der Waals surface area contributed by atoms with Crippen molar-refractivity contribution in [3.05, 3.63) is 33.8 Å². The maximum atomic E-state index is 4.69. The Balaban J connectivity index is 1.56. The van der Waals surface area contributed by atoms with Gasteiger partial charge in [0.15, 0.2) is 0 Å². The molecule has 4 nitrogen and oxygen atoms in total. The first-order chi connectivity index (χ1) is 10.1. The second-order valence-electron chi connectivity index (χ2n) is 6.24. The van der Waals surface area contributed by atoms with Crippen molar-refractivity contribution < 1.29 is 0 Å². The van der Waals surface area contributed by atoms with Gasteiger partial charge in [-0.05, 0) is 19.8 Å². The molecule has 1 N–H and O–H groups in total. The molecule has 0 fully saturated rings. The molecule has 114 valence electrons. The number of nitrogens with zero attached hydrogens (tertiary/aromatic N) is 3. The highest BCUT2D eigenvalue weighted by molar-refractivity contribution is 7.09. The van der Waals surface area contributed by atoms with Gasteiger partial charge in [-0.3, -0.25) is 0 Å². The molecule has 0 radical (unpaired) electrons. The van der Waals surface area contributed by atoms with Gasteiger partial charge in [0.05, 0.1) is 16.4 Å². The molecule has 3 rings (SSSR count). The number of imidazole rings is 1. The lowest BCUT2D eigenvalue weighted by molar-refractivity contribution is 0.422. The van der Waals surface area contributed by atoms with Crippen LogP contribution in [0.4, 0.5) is 0 Å². The SMILES string of the molecule is Cc1cn2c(n1)C(CNCc1csc(C(C)C)n1)CCC2. The van der Waals surface area contributed by atoms with Crippen LogP contribution in [-0.4, -0.2) is 21.1 Å². The summed E-state index contributed by atoms with van der Waals surface area (Å²) < 4.78 is 2.32. The van der Waals surface area contributed by atoms with E-state index < -0.39 is 0 Å². The lowest BCUT2D eigenvalue weighted by Crippen LogP contribution is -2.26. The zero-order valence-corrected chi connectivity index (χ0v) is 13.9. The van der Waals surface area contributed by atoms with E-state index in [0.717, 1.165) is 25.3 Å². The summed E-state index contributed by atoms with van der Waals surface area (Å²) in [5.41, 5.74) is 2.30. The number of hydrogen-bond donors (Lipinski definition) is 1. The van der Waals surface area contributed by atoms with E-state index in [1.807, 2.05) is 0 Å². The standard InChI is InChI=1S/C16H24N4S/c1-11(2)16-19-14(10-21-16)8-17-7-13-5-4-6-20-9-12(3)18-15(13)20/h9-11,13,17H,4-8H2,1-3H3. The molecule has 0 aromatic carbocycles. The van der Waals surface area contributed by atoms with E-state index in [9.17, 15) is 0 Å². The highest BCUT2D eigenvalue weighted by Crippen LogP contribution is 2.26. The summed E-state index contributed by atoms with van der Waals surface area (Å²) in [6.07, 6.45) is 4.66. The van der Waals surface area contributed by atoms with Crippen LogP contribution in [0.15, 0.2) is 11.6 Å². The summed E-state index contributed by atoms with van der Waals surface area (Å²) in [7, 11) is 0. The van der Waals surface area contributed by atoms with Gasteiger partial charge in [0.1, 0.15) is 5.82 Å². The number of aromatic nitrogens is 3. The van der Waals surface area contributed by atoms with E-state index in [2.05, 4.69) is 47.2 Å². The van der Waals surface area contributed by atoms with E-state index in [4.69, 9.17) is 4.98 Å². The van der Waals surface area contributed by atoms with Crippen molar-refractivity contribution in [1.29, 1.82) is 0 Å². The smallest absolute Gasteiger partial charge is 0.113 e. The second kappa shape index (κ2) is 6.28. The van der Waals surface area contributed by atoms with Crippen LogP contribution in [0.2, 0.25) is 0 Å². The number of thiazole rings is 1. The first-order valence-electron chi connectivity index (χ1n) is 7.82. The highest BCUT2D eigenvalue weighted by Gasteiger charge is 2.22. The van der Waals surface area contributed by atoms with E-state index in [1.54, 1.807) is 11.3 Å². The zero-order valence-electron chi connectivity index (χ0n) is 13.1. The van der Waals surface area contributed by atoms with Gasteiger partial charge in [0.25, 0.3) is 0 Å². The molecule has 0 saturated carbocycles. The number of aryl methyl sites for hydroxylation is 2. The minimum Gasteiger partial charge on any atom is -0.334 e. The third-order valence-corrected chi connectivity index (χ3v) is 5.20. The molecule has 1 aliphatic rings. The average Bonchev–Trinajstić information content (AvgIpc) is 3.04. The fourth-order valence-electron chi connectivity index (χ4n) is 2.94. The molecule has 0 bridgehead atoms. The minimum absolute atomic E-state index is 0.526. The van der Waals surface area contributed by atoms with Crippen LogP contribution in [0, 0.1) is 6.92 Å². The van der Waals surface area contributed by atoms with Crippen molar-refractivity contribution in [2.45, 2.75) is 58.5 Å². The average molecular weight is 304 g/mol. The molecular weight excluding hydrogens is 280 g/mol. The minimum atomic E-state index is 0.526. The first-order valence-corrected chi connectivity index (χ1v) is 8.70. The van der Waals surface area contributed by atoms with Crippen LogP contribution in [0.3, 0.4) is 0 Å². The van der Waals surface area contributed by atoms with Crippen LogP contribution >= 0.6 is 11.3 Å². The third-order valence-electron chi connectivity index (χ3n) is 4.00. The van der Waals surface area contributed by atoms with Gasteiger partial charge in [0, 0.05) is 43.0 Å². The van der Waals surface area contributed by atoms with Crippen molar-refractivity contribution in [3.63, 3.8) is 0 Å². The molecule has 3 heterocycles. The normalized spacial score (nSPS) is 18.2. The van der Waals surface area contributed by atoms with Gasteiger partial charge >= 0.3 is 0 Å². The van der Waals surface area contributed by atoms with E-state index >= 15 is 0 Å². The maximum Gasteiger partial charge on any atom is 0.113 e. The molecule has 21 heavy (non-hydrogen) atoms. The quantitative estimate of drug-likeness (QED) is 0.920. The summed E-state index contributed by atoms with van der Waals surface area (Å²) in [5.74, 6) is 2.32. The largest absolute Gasteiger partial charge is 0.334 e. The number of fused-ring (bicyclic) bond motifs is 1. The zero-order chi connectivity index (χ0) is 14.8. The predicted molar refractivity (Wildman–Crippen MR) is 86.8 cm³/mol. The Morgan fingerprint density at radius 1 is 1.43 bits per heavy atom. The summed E-state index contributed by atoms with van der Waals surface area (Å²) in [6, 6.07) is 0. The second-order valence-corrected chi connectivity index (χ2v) is 7.13. The topological polar surface area (TPSA) is 42.7 Å². The summed E-state index contributed by atoms with van der Waals surface area (Å²) >= 11 is 1.77. The molecule has 0 saturated heterocycles. The Hall–Kier alpha value is -1.20. The Kier molecular flexibility index (Phi) is 4.40. The van der Waals surface area contributed by atoms with Crippen LogP contribution in [0.5, 0.6) is 0 Å². The molecule has 0 amide bonds. The number of nitrogens with one attached hydrogen (secondary N) is 1. The monoisotopic (exact) mass is 304 g/mol. The Labute approximate surface area is 130 Å². The van der Waals surface area contributed by atoms with Crippen LogP contribution in [0.1, 0.15) is 60.7 Å². The Morgan fingerprint density at radius 2 is 2.29 bits per heavy atom. The molecule has 2 aromatic rings. The van der Waals surface area contributed by atoms with Crippen molar-refractivity contribution in [3.8, 4) is 0 Å². The van der Waals surface area contributed by atoms with Gasteiger partial charge in [-0.1, -0.05) is 13.8 Å². The van der Waals surface area contributed by atoms with Crippen molar-refractivity contribution in [2.75, 3.05) is 6.54 Å². The van der Waals surface area contributed by atoms with Gasteiger partial charge < -0.3 is 9.88 Å². The first kappa shape index (κ1) is 14.7. The predicted octanol–water partition coefficient (Wildman–Crippen LogP) is 3.44. The van der Waals surface area contributed by atoms with Crippen molar-refractivity contribution >= 4 is 11.3 Å². The molecule has 0 aliphatic carbocycles. The van der Waals surface area contributed by atoms with E-state index in [1.165, 1.54) is 29.4 Å². The van der Waals surface area contributed by atoms with Crippen molar-refractivity contribution in [2.24, 2.45) is 0 Å². The lowest BCUT2D eigenvalue weighted by Gasteiger charge is -2.23. The fraction of sp³-hybridized carbons (Fsp3) is 0.625. The Bertz CT molecular complexity index is 599. The molecule has 1 aliphatic heterocycles. The summed E-state index contributed by atoms with van der Waals surface area (Å²) in [4.78, 5) is 9.37. The molecule has 5 heteroatoms. The van der Waals surface area contributed by atoms with Gasteiger partial charge in [-0.25, -0.2) is 9.97 Å². The van der Waals surface area contributed by atoms with Gasteiger partial charge in [-0.15, -0.1) is 11.3 Å². The fourth-order valence-corrected chi connectivity index (χ4v) is 3.78. The summed E-state index contributed by atoms with van der Waals surface area (Å²) in [5, 5.41) is 6.97. The van der Waals surface area contributed by atoms with E-state index in [-0.39, 0.29) is 0 Å². The molecule has 1 unspecified atom stereocenters. The van der Waals surface area contributed by atoms with Crippen LogP contribution in [-0.2, 0) is 13.1 Å². The third kappa shape index (κ3) is 3.35. The maximum absolute atomic E-state index is 4.69. The molecule has 1 atom stereocenters. The van der Waals surface area contributed by atoms with Gasteiger partial charge in [-0.2, -0.15) is 0 Å². The molecule has 0 spiro atoms. The number of hydrogen-bond acceptors (Lipinski definition) is 4. The van der Waals surface area contributed by atoms with Gasteiger partial charge in [0.2, 0.25) is 0 Å². The molecular formula is C16H24N4S. The van der Waals surface area contributed by atoms with Crippen LogP contribution < -0.4 is 5.32 Å². The number of rotatable bonds is 5. The van der Waals surface area contributed by atoms with Crippen molar-refractivity contribution in [1.82, 2.24) is 19.9 Å². The highest BCUT2D eigenvalue weighted by atomic mass is 32.1.